The Kier molecular flexibility index (Phi) is 2.72. The highest BCUT2D eigenvalue weighted by atomic mass is 32.1. The van der Waals surface area contributed by atoms with Crippen LogP contribution in [-0.4, -0.2) is 11.1 Å². The molecule has 0 saturated carbocycles. The van der Waals surface area contributed by atoms with Crippen LogP contribution in [0.25, 0.3) is 10.1 Å². The molecule has 0 aliphatic carbocycles. The Hall–Kier alpha value is -1.35. The number of hydrogen-bond acceptors (Lipinski definition) is 2. The summed E-state index contributed by atoms with van der Waals surface area (Å²) in [6, 6.07) is 5.82. The van der Waals surface area contributed by atoms with Crippen LogP contribution < -0.4 is 0 Å². The molecule has 1 heterocycles. The van der Waals surface area contributed by atoms with Crippen molar-refractivity contribution in [2.24, 2.45) is 0 Å². The third-order valence-electron chi connectivity index (χ3n) is 2.73. The highest BCUT2D eigenvalue weighted by molar-refractivity contribution is 7.21. The molecule has 0 amide bonds. The van der Waals surface area contributed by atoms with Gasteiger partial charge in [0.1, 0.15) is 4.88 Å². The number of carbonyl (C=O) groups is 1. The zero-order valence-electron chi connectivity index (χ0n) is 9.57. The molecule has 1 aromatic carbocycles. The zero-order valence-corrected chi connectivity index (χ0v) is 10.4. The van der Waals surface area contributed by atoms with Crippen molar-refractivity contribution in [3.8, 4) is 0 Å². The SMILES string of the molecule is Cc1ccc2cc(C(=O)O)sc2c1C(C)C. The lowest BCUT2D eigenvalue weighted by molar-refractivity contribution is 0.0702. The lowest BCUT2D eigenvalue weighted by Crippen LogP contribution is -1.91. The molecular weight excluding hydrogens is 220 g/mol. The maximum Gasteiger partial charge on any atom is 0.345 e. The van der Waals surface area contributed by atoms with Gasteiger partial charge in [0, 0.05) is 4.70 Å². The van der Waals surface area contributed by atoms with Crippen LogP contribution in [-0.2, 0) is 0 Å². The summed E-state index contributed by atoms with van der Waals surface area (Å²) in [5.41, 5.74) is 2.51. The van der Waals surface area contributed by atoms with Crippen LogP contribution in [0.2, 0.25) is 0 Å². The highest BCUT2D eigenvalue weighted by Crippen LogP contribution is 2.34. The van der Waals surface area contributed by atoms with Crippen LogP contribution in [0, 0.1) is 6.92 Å². The van der Waals surface area contributed by atoms with Crippen molar-refractivity contribution in [2.45, 2.75) is 26.7 Å². The quantitative estimate of drug-likeness (QED) is 0.851. The first kappa shape index (κ1) is 11.1. The first-order valence-corrected chi connectivity index (χ1v) is 6.08. The van der Waals surface area contributed by atoms with E-state index in [0.29, 0.717) is 10.8 Å². The molecule has 84 valence electrons. The van der Waals surface area contributed by atoms with Gasteiger partial charge < -0.3 is 5.11 Å². The van der Waals surface area contributed by atoms with Gasteiger partial charge in [0.2, 0.25) is 0 Å². The molecule has 0 aliphatic rings. The smallest absolute Gasteiger partial charge is 0.345 e. The van der Waals surface area contributed by atoms with E-state index in [1.165, 1.54) is 22.5 Å². The summed E-state index contributed by atoms with van der Waals surface area (Å²) in [7, 11) is 0. The minimum Gasteiger partial charge on any atom is -0.477 e. The van der Waals surface area contributed by atoms with Crippen LogP contribution in [0.3, 0.4) is 0 Å². The Morgan fingerprint density at radius 1 is 1.38 bits per heavy atom. The Bertz CT molecular complexity index is 552. The third-order valence-corrected chi connectivity index (χ3v) is 3.90. The van der Waals surface area contributed by atoms with Gasteiger partial charge in [0.25, 0.3) is 0 Å². The molecule has 1 N–H and O–H groups in total. The summed E-state index contributed by atoms with van der Waals surface area (Å²) in [5.74, 6) is -0.419. The summed E-state index contributed by atoms with van der Waals surface area (Å²) < 4.78 is 1.12. The number of carboxylic acids is 1. The average Bonchev–Trinajstić information content (AvgIpc) is 2.60. The molecule has 0 bridgehead atoms. The molecule has 0 spiro atoms. The van der Waals surface area contributed by atoms with Crippen molar-refractivity contribution in [1.82, 2.24) is 0 Å². The number of aryl methyl sites for hydroxylation is 1. The van der Waals surface area contributed by atoms with Crippen molar-refractivity contribution in [3.63, 3.8) is 0 Å². The van der Waals surface area contributed by atoms with Crippen LogP contribution in [0.5, 0.6) is 0 Å². The molecule has 2 nitrogen and oxygen atoms in total. The highest BCUT2D eigenvalue weighted by Gasteiger charge is 2.14. The van der Waals surface area contributed by atoms with Crippen LogP contribution in [0.15, 0.2) is 18.2 Å². The lowest BCUT2D eigenvalue weighted by atomic mass is 9.97. The zero-order chi connectivity index (χ0) is 11.9. The Labute approximate surface area is 98.5 Å². The van der Waals surface area contributed by atoms with Crippen molar-refractivity contribution in [3.05, 3.63) is 34.2 Å². The number of benzene rings is 1. The topological polar surface area (TPSA) is 37.3 Å². The van der Waals surface area contributed by atoms with E-state index in [-0.39, 0.29) is 0 Å². The fourth-order valence-corrected chi connectivity index (χ4v) is 3.29. The number of carboxylic acid groups (broad SMARTS) is 1. The van der Waals surface area contributed by atoms with Crippen LogP contribution in [0.1, 0.15) is 40.6 Å². The van der Waals surface area contributed by atoms with E-state index in [9.17, 15) is 4.79 Å². The summed E-state index contributed by atoms with van der Waals surface area (Å²) in [5, 5.41) is 10.0. The van der Waals surface area contributed by atoms with Gasteiger partial charge in [-0.1, -0.05) is 26.0 Å². The molecule has 16 heavy (non-hydrogen) atoms. The van der Waals surface area contributed by atoms with Crippen molar-refractivity contribution < 1.29 is 9.90 Å². The second kappa shape index (κ2) is 3.91. The van der Waals surface area contributed by atoms with Gasteiger partial charge in [-0.15, -0.1) is 11.3 Å². The molecule has 0 aliphatic heterocycles. The maximum absolute atomic E-state index is 10.9. The molecule has 0 atom stereocenters. The van der Waals surface area contributed by atoms with Gasteiger partial charge in [-0.3, -0.25) is 0 Å². The van der Waals surface area contributed by atoms with Gasteiger partial charge in [0.05, 0.1) is 0 Å². The van der Waals surface area contributed by atoms with Gasteiger partial charge in [-0.05, 0) is 35.4 Å². The number of rotatable bonds is 2. The normalized spacial score (nSPS) is 11.2. The summed E-state index contributed by atoms with van der Waals surface area (Å²) in [4.78, 5) is 11.4. The van der Waals surface area contributed by atoms with Gasteiger partial charge in [-0.2, -0.15) is 0 Å². The number of fused-ring (bicyclic) bond motifs is 1. The van der Waals surface area contributed by atoms with Crippen LogP contribution in [0.4, 0.5) is 0 Å². The first-order valence-electron chi connectivity index (χ1n) is 5.27. The Morgan fingerprint density at radius 2 is 2.06 bits per heavy atom. The second-order valence-corrected chi connectivity index (χ2v) is 5.34. The van der Waals surface area contributed by atoms with E-state index in [1.54, 1.807) is 6.07 Å². The van der Waals surface area contributed by atoms with Crippen molar-refractivity contribution in [2.75, 3.05) is 0 Å². The van der Waals surface area contributed by atoms with Gasteiger partial charge >= 0.3 is 5.97 Å². The van der Waals surface area contributed by atoms with E-state index in [0.717, 1.165) is 10.1 Å². The maximum atomic E-state index is 10.9. The van der Waals surface area contributed by atoms with E-state index in [1.807, 2.05) is 6.07 Å². The largest absolute Gasteiger partial charge is 0.477 e. The minimum absolute atomic E-state index is 0.419. The molecule has 2 aromatic rings. The number of hydrogen-bond donors (Lipinski definition) is 1. The van der Waals surface area contributed by atoms with Crippen molar-refractivity contribution in [1.29, 1.82) is 0 Å². The Morgan fingerprint density at radius 3 is 2.62 bits per heavy atom. The molecule has 0 unspecified atom stereocenters. The molecule has 0 fully saturated rings. The third kappa shape index (κ3) is 1.71. The summed E-state index contributed by atoms with van der Waals surface area (Å²) >= 11 is 1.37. The van der Waals surface area contributed by atoms with E-state index in [2.05, 4.69) is 26.8 Å². The number of thiophene rings is 1. The number of aromatic carboxylic acids is 1. The van der Waals surface area contributed by atoms with Crippen LogP contribution >= 0.6 is 11.3 Å². The summed E-state index contributed by atoms with van der Waals surface area (Å²) in [6.45, 7) is 6.36. The first-order chi connectivity index (χ1) is 7.50. The fraction of sp³-hybridized carbons (Fsp3) is 0.308. The monoisotopic (exact) mass is 234 g/mol. The summed E-state index contributed by atoms with van der Waals surface area (Å²) in [6.07, 6.45) is 0. The standard InChI is InChI=1S/C13H14O2S/c1-7(2)11-8(3)4-5-9-6-10(13(14)15)16-12(9)11/h4-7H,1-3H3,(H,14,15). The average molecular weight is 234 g/mol. The van der Waals surface area contributed by atoms with E-state index >= 15 is 0 Å². The molecule has 1 aromatic heterocycles. The molecule has 2 rings (SSSR count). The predicted octanol–water partition coefficient (Wildman–Crippen LogP) is 4.03. The van der Waals surface area contributed by atoms with Gasteiger partial charge in [-0.25, -0.2) is 4.79 Å². The van der Waals surface area contributed by atoms with Gasteiger partial charge in [0.15, 0.2) is 0 Å². The molecular formula is C13H14O2S. The van der Waals surface area contributed by atoms with E-state index < -0.39 is 5.97 Å². The fourth-order valence-electron chi connectivity index (χ4n) is 2.05. The second-order valence-electron chi connectivity index (χ2n) is 4.28. The lowest BCUT2D eigenvalue weighted by Gasteiger charge is -2.10. The predicted molar refractivity (Wildman–Crippen MR) is 67.6 cm³/mol. The van der Waals surface area contributed by atoms with Crippen molar-refractivity contribution >= 4 is 27.4 Å². The Balaban J connectivity index is 2.76. The molecule has 0 saturated heterocycles. The minimum atomic E-state index is -0.839. The van der Waals surface area contributed by atoms with E-state index in [4.69, 9.17) is 5.11 Å². The molecule has 0 radical (unpaired) electrons. The molecule has 3 heteroatoms.